The van der Waals surface area contributed by atoms with Gasteiger partial charge in [0.15, 0.2) is 6.10 Å². The van der Waals surface area contributed by atoms with E-state index in [2.05, 4.69) is 85.2 Å². The van der Waals surface area contributed by atoms with Crippen LogP contribution in [0.4, 0.5) is 0 Å². The van der Waals surface area contributed by atoms with Gasteiger partial charge in [-0.2, -0.15) is 0 Å². The number of esters is 2. The van der Waals surface area contributed by atoms with Gasteiger partial charge in [0.05, 0.1) is 13.2 Å². The highest BCUT2D eigenvalue weighted by atomic mass is 31.2. The minimum atomic E-state index is -4.74. The number of carbonyl (C=O) groups excluding carboxylic acids is 2. The smallest absolute Gasteiger partial charge is 0.472 e. The van der Waals surface area contributed by atoms with E-state index < -0.39 is 51.1 Å². The third-order valence-electron chi connectivity index (χ3n) is 8.39. The second-order valence-electron chi connectivity index (χ2n) is 13.7. The number of rotatable bonds is 38. The highest BCUT2D eigenvalue weighted by Crippen LogP contribution is 2.43. The van der Waals surface area contributed by atoms with E-state index in [0.717, 1.165) is 70.6 Å². The third-order valence-corrected chi connectivity index (χ3v) is 9.34. The molecule has 0 aromatic rings. The SMILES string of the molecule is CC/C=C\C/C=C\C/C=C\C/C=C\C/C=C\C/C=C\CCC(=O)OC(COC(=O)CCCCCCC/C=C\CCCCCCC)COP(=O)(O)OCC(N)C(=O)O. The molecule has 0 aliphatic heterocycles. The van der Waals surface area contributed by atoms with Crippen LogP contribution in [0.3, 0.4) is 0 Å². The Balaban J connectivity index is 4.55. The molecule has 0 heterocycles. The summed E-state index contributed by atoms with van der Waals surface area (Å²) < 4.78 is 32.6. The number of nitrogens with two attached hydrogens (primary N) is 1. The molecule has 0 aliphatic rings. The van der Waals surface area contributed by atoms with Gasteiger partial charge in [-0.15, -0.1) is 0 Å². The van der Waals surface area contributed by atoms with E-state index in [1.165, 1.54) is 32.1 Å². The molecule has 12 heteroatoms. The van der Waals surface area contributed by atoms with Crippen LogP contribution in [0.1, 0.15) is 149 Å². The summed E-state index contributed by atoms with van der Waals surface area (Å²) >= 11 is 0. The van der Waals surface area contributed by atoms with Gasteiger partial charge in [0.1, 0.15) is 12.6 Å². The number of ether oxygens (including phenoxy) is 2. The molecular weight excluding hydrogens is 745 g/mol. The maximum atomic E-state index is 12.6. The van der Waals surface area contributed by atoms with Crippen LogP contribution in [0.5, 0.6) is 0 Å². The van der Waals surface area contributed by atoms with Crippen molar-refractivity contribution in [1.29, 1.82) is 0 Å². The number of carbonyl (C=O) groups is 3. The predicted octanol–water partition coefficient (Wildman–Crippen LogP) is 11.1. The molecule has 0 aromatic heterocycles. The molecule has 11 nitrogen and oxygen atoms in total. The van der Waals surface area contributed by atoms with E-state index in [-0.39, 0.29) is 19.4 Å². The Morgan fingerprint density at radius 3 is 1.54 bits per heavy atom. The number of carboxylic acids is 1. The number of hydrogen-bond acceptors (Lipinski definition) is 9. The Hall–Kier alpha value is -3.34. The zero-order valence-electron chi connectivity index (χ0n) is 34.9. The van der Waals surface area contributed by atoms with Crippen LogP contribution in [-0.2, 0) is 37.5 Å². The Labute approximate surface area is 343 Å². The summed E-state index contributed by atoms with van der Waals surface area (Å²) in [4.78, 5) is 45.9. The Morgan fingerprint density at radius 1 is 0.561 bits per heavy atom. The fourth-order valence-electron chi connectivity index (χ4n) is 5.08. The van der Waals surface area contributed by atoms with Crippen LogP contribution in [0.15, 0.2) is 85.1 Å². The van der Waals surface area contributed by atoms with Gasteiger partial charge in [-0.05, 0) is 77.0 Å². The normalized spacial score (nSPS) is 14.6. The number of carboxylic acid groups (broad SMARTS) is 1. The van der Waals surface area contributed by atoms with Gasteiger partial charge in [-0.25, -0.2) is 4.57 Å². The Bertz CT molecular complexity index is 1290. The number of hydrogen-bond donors (Lipinski definition) is 3. The first-order chi connectivity index (χ1) is 27.6. The minimum absolute atomic E-state index is 0.0300. The molecule has 4 N–H and O–H groups in total. The molecule has 57 heavy (non-hydrogen) atoms. The van der Waals surface area contributed by atoms with Crippen molar-refractivity contribution < 1.29 is 47.5 Å². The van der Waals surface area contributed by atoms with Crippen molar-refractivity contribution in [3.05, 3.63) is 85.1 Å². The van der Waals surface area contributed by atoms with Gasteiger partial charge in [-0.1, -0.05) is 144 Å². The topological polar surface area (TPSA) is 172 Å². The monoisotopic (exact) mass is 820 g/mol. The van der Waals surface area contributed by atoms with Crippen molar-refractivity contribution in [2.75, 3.05) is 19.8 Å². The third kappa shape index (κ3) is 39.3. The Kier molecular flexibility index (Phi) is 37.2. The molecule has 0 bridgehead atoms. The lowest BCUT2D eigenvalue weighted by Crippen LogP contribution is -2.34. The molecule has 324 valence electrons. The maximum Gasteiger partial charge on any atom is 0.472 e. The molecule has 0 rings (SSSR count). The lowest BCUT2D eigenvalue weighted by Gasteiger charge is -2.20. The van der Waals surface area contributed by atoms with Crippen molar-refractivity contribution in [1.82, 2.24) is 0 Å². The van der Waals surface area contributed by atoms with E-state index in [4.69, 9.17) is 24.8 Å². The molecule has 3 atom stereocenters. The molecule has 0 radical (unpaired) electrons. The molecular formula is C45H74NO10P. The van der Waals surface area contributed by atoms with Crippen molar-refractivity contribution in [3.63, 3.8) is 0 Å². The summed E-state index contributed by atoms with van der Waals surface area (Å²) in [6.07, 6.45) is 48.1. The molecule has 0 amide bonds. The average Bonchev–Trinajstić information content (AvgIpc) is 3.19. The molecule has 0 aromatic carbocycles. The van der Waals surface area contributed by atoms with Crippen molar-refractivity contribution in [3.8, 4) is 0 Å². The number of aliphatic carboxylic acids is 1. The number of phosphoric acid groups is 1. The standard InChI is InChI=1S/C45H74NO10P/c1-3-5-7-9-11-13-15-17-19-20-21-22-23-25-27-29-31-33-35-37-44(48)56-41(39-54-57(51,52)55-40-42(46)45(49)50)38-53-43(47)36-34-32-30-28-26-24-18-16-14-12-10-8-6-4-2/h5,7,11,13,16-19,21-22,25,27,31,33,41-42H,3-4,6,8-10,12,14-15,20,23-24,26,28-30,32,34-40,46H2,1-2H3,(H,49,50)(H,51,52)/b7-5-,13-11-,18-16-,19-17-,22-21-,27-25-,33-31-. The summed E-state index contributed by atoms with van der Waals surface area (Å²) in [7, 11) is -4.74. The van der Waals surface area contributed by atoms with E-state index >= 15 is 0 Å². The molecule has 0 saturated heterocycles. The minimum Gasteiger partial charge on any atom is -0.480 e. The van der Waals surface area contributed by atoms with Crippen LogP contribution in [0.25, 0.3) is 0 Å². The molecule has 0 fully saturated rings. The van der Waals surface area contributed by atoms with E-state index in [1.807, 2.05) is 18.2 Å². The zero-order valence-corrected chi connectivity index (χ0v) is 35.8. The Morgan fingerprint density at radius 2 is 1.02 bits per heavy atom. The van der Waals surface area contributed by atoms with Gasteiger partial charge >= 0.3 is 25.7 Å². The van der Waals surface area contributed by atoms with E-state index in [0.29, 0.717) is 19.3 Å². The zero-order chi connectivity index (χ0) is 42.1. The molecule has 0 spiro atoms. The summed E-state index contributed by atoms with van der Waals surface area (Å²) in [5.74, 6) is -2.51. The quantitative estimate of drug-likeness (QED) is 0.0234. The van der Waals surface area contributed by atoms with Crippen LogP contribution in [-0.4, -0.2) is 59.9 Å². The van der Waals surface area contributed by atoms with E-state index in [9.17, 15) is 23.8 Å². The van der Waals surface area contributed by atoms with Gasteiger partial charge in [0, 0.05) is 12.8 Å². The van der Waals surface area contributed by atoms with Crippen LogP contribution < -0.4 is 5.73 Å². The molecule has 3 unspecified atom stereocenters. The summed E-state index contributed by atoms with van der Waals surface area (Å²) in [5, 5.41) is 8.88. The lowest BCUT2D eigenvalue weighted by atomic mass is 10.1. The first kappa shape index (κ1) is 53.7. The predicted molar refractivity (Wildman–Crippen MR) is 230 cm³/mol. The van der Waals surface area contributed by atoms with Crippen molar-refractivity contribution in [2.24, 2.45) is 5.73 Å². The average molecular weight is 820 g/mol. The number of phosphoric ester groups is 1. The van der Waals surface area contributed by atoms with Crippen molar-refractivity contribution >= 4 is 25.7 Å². The summed E-state index contributed by atoms with van der Waals surface area (Å²) in [5.41, 5.74) is 5.32. The summed E-state index contributed by atoms with van der Waals surface area (Å²) in [6, 6.07) is -1.54. The number of allylic oxidation sites excluding steroid dienone is 14. The molecule has 0 saturated carbocycles. The lowest BCUT2D eigenvalue weighted by molar-refractivity contribution is -0.161. The van der Waals surface area contributed by atoms with Crippen LogP contribution in [0.2, 0.25) is 0 Å². The first-order valence-electron chi connectivity index (χ1n) is 21.1. The fourth-order valence-corrected chi connectivity index (χ4v) is 5.86. The van der Waals surface area contributed by atoms with Crippen molar-refractivity contribution in [2.45, 2.75) is 161 Å². The first-order valence-corrected chi connectivity index (χ1v) is 22.6. The van der Waals surface area contributed by atoms with Gasteiger partial charge < -0.3 is 25.2 Å². The highest BCUT2D eigenvalue weighted by Gasteiger charge is 2.28. The second kappa shape index (κ2) is 39.5. The van der Waals surface area contributed by atoms with Gasteiger partial charge in [0.2, 0.25) is 0 Å². The van der Waals surface area contributed by atoms with Crippen LogP contribution in [0, 0.1) is 0 Å². The second-order valence-corrected chi connectivity index (χ2v) is 15.2. The number of unbranched alkanes of at least 4 members (excludes halogenated alkanes) is 10. The molecule has 0 aliphatic carbocycles. The van der Waals surface area contributed by atoms with Crippen LogP contribution >= 0.6 is 7.82 Å². The van der Waals surface area contributed by atoms with E-state index in [1.54, 1.807) is 0 Å². The summed E-state index contributed by atoms with van der Waals surface area (Å²) in [6.45, 7) is 2.57. The highest BCUT2D eigenvalue weighted by molar-refractivity contribution is 7.47. The largest absolute Gasteiger partial charge is 0.480 e. The van der Waals surface area contributed by atoms with Gasteiger partial charge in [0.25, 0.3) is 0 Å². The van der Waals surface area contributed by atoms with Gasteiger partial charge in [-0.3, -0.25) is 23.4 Å². The fraction of sp³-hybridized carbons (Fsp3) is 0.622. The maximum absolute atomic E-state index is 12.6.